The fraction of sp³-hybridized carbons (Fsp3) is 0.0909. The molecule has 0 aliphatic carbocycles. The molecule has 2 atom stereocenters. The number of allylic oxidation sites excluding steroid dienone is 5. The number of benzene rings is 4. The summed E-state index contributed by atoms with van der Waals surface area (Å²) in [5.41, 5.74) is 5.40. The maximum absolute atomic E-state index is 14.3. The van der Waals surface area contributed by atoms with Crippen LogP contribution in [-0.2, 0) is 21.5 Å². The second-order valence-corrected chi connectivity index (χ2v) is 14.3. The van der Waals surface area contributed by atoms with Gasteiger partial charge in [0.05, 0.1) is 22.9 Å². The van der Waals surface area contributed by atoms with E-state index in [4.69, 9.17) is 9.05 Å². The Bertz CT molecular complexity index is 1750. The van der Waals surface area contributed by atoms with Crippen molar-refractivity contribution >= 4 is 25.6 Å². The number of rotatable bonds is 6. The van der Waals surface area contributed by atoms with Gasteiger partial charge in [0.1, 0.15) is 11.5 Å². The van der Waals surface area contributed by atoms with Crippen LogP contribution >= 0.6 is 14.7 Å². The average Bonchev–Trinajstić information content (AvgIpc) is 2.95. The molecule has 2 aliphatic rings. The van der Waals surface area contributed by atoms with Crippen LogP contribution < -0.4 is 14.4 Å². The molecule has 4 aromatic carbocycles. The van der Waals surface area contributed by atoms with Gasteiger partial charge in [-0.05, 0) is 47.4 Å². The van der Waals surface area contributed by atoms with E-state index in [0.717, 1.165) is 38.7 Å². The minimum atomic E-state index is -3.27. The first-order valence-electron chi connectivity index (χ1n) is 12.9. The van der Waals surface area contributed by atoms with Crippen LogP contribution in [0.5, 0.6) is 11.5 Å². The van der Waals surface area contributed by atoms with Gasteiger partial charge in [-0.2, -0.15) is 0 Å². The van der Waals surface area contributed by atoms with Crippen molar-refractivity contribution < 1.29 is 18.2 Å². The zero-order valence-corrected chi connectivity index (χ0v) is 23.4. The van der Waals surface area contributed by atoms with E-state index in [1.165, 1.54) is 0 Å². The summed E-state index contributed by atoms with van der Waals surface area (Å²) in [5.74, 6) is 1.25. The van der Waals surface area contributed by atoms with Crippen LogP contribution in [0.25, 0.3) is 16.7 Å². The quantitative estimate of drug-likeness (QED) is 0.225. The van der Waals surface area contributed by atoms with E-state index in [1.807, 2.05) is 116 Å². The predicted octanol–water partition coefficient (Wildman–Crippen LogP) is 9.19. The summed E-state index contributed by atoms with van der Waals surface area (Å²) in [6.07, 6.45) is 6.00. The fourth-order valence-electron chi connectivity index (χ4n) is 5.32. The third-order valence-corrected chi connectivity index (χ3v) is 11.9. The Labute approximate surface area is 229 Å². The molecular formula is C33H28O4P2. The van der Waals surface area contributed by atoms with Crippen LogP contribution in [0.1, 0.15) is 23.6 Å². The Morgan fingerprint density at radius 3 is 1.82 bits per heavy atom. The molecule has 0 aromatic heterocycles. The number of para-hydroxylation sites is 2. The van der Waals surface area contributed by atoms with Crippen molar-refractivity contribution in [3.8, 4) is 22.6 Å². The molecule has 0 amide bonds. The molecule has 2 aliphatic heterocycles. The summed E-state index contributed by atoms with van der Waals surface area (Å²) in [4.78, 5) is 0. The molecule has 0 radical (unpaired) electrons. The number of fused-ring (bicyclic) bond motifs is 4. The van der Waals surface area contributed by atoms with Gasteiger partial charge in [0, 0.05) is 11.1 Å². The largest absolute Gasteiger partial charge is 0.439 e. The molecule has 0 bridgehead atoms. The van der Waals surface area contributed by atoms with Gasteiger partial charge in [-0.15, -0.1) is 0 Å². The number of hydrogen-bond acceptors (Lipinski definition) is 4. The zero-order valence-electron chi connectivity index (χ0n) is 21.6. The van der Waals surface area contributed by atoms with Crippen molar-refractivity contribution in [1.82, 2.24) is 0 Å². The molecule has 6 heteroatoms. The molecule has 194 valence electrons. The Balaban J connectivity index is 1.30. The first-order chi connectivity index (χ1) is 18.9. The molecular weight excluding hydrogens is 522 g/mol. The van der Waals surface area contributed by atoms with E-state index in [-0.39, 0.29) is 12.3 Å². The van der Waals surface area contributed by atoms with Crippen molar-refractivity contribution in [2.45, 2.75) is 19.2 Å². The van der Waals surface area contributed by atoms with Crippen LogP contribution in [0.2, 0.25) is 0 Å². The highest BCUT2D eigenvalue weighted by Crippen LogP contribution is 2.64. The highest BCUT2D eigenvalue weighted by molar-refractivity contribution is 7.67. The molecule has 0 fully saturated rings. The highest BCUT2D eigenvalue weighted by atomic mass is 31.2. The molecule has 0 saturated heterocycles. The summed E-state index contributed by atoms with van der Waals surface area (Å²) in [6.45, 7) is 5.89. The van der Waals surface area contributed by atoms with Gasteiger partial charge in [-0.3, -0.25) is 9.13 Å². The maximum Gasteiger partial charge on any atom is 0.282 e. The monoisotopic (exact) mass is 550 g/mol. The standard InChI is InChI=1S/C33H28O4P2/c1-3-11-32-26(4-2)27-12-5-8-15-30(27)36-38(32,34)22-24-18-20-25(21-19-24)23-39(35)33-17-10-7-14-29(33)28-13-6-9-16-31(28)37-39/h3-21H,2,22-23H2,1H3/b11-3-. The molecule has 2 unspecified atom stereocenters. The van der Waals surface area contributed by atoms with Crippen LogP contribution in [0.15, 0.2) is 127 Å². The summed E-state index contributed by atoms with van der Waals surface area (Å²) in [6, 6.07) is 30.9. The summed E-state index contributed by atoms with van der Waals surface area (Å²) >= 11 is 0. The third kappa shape index (κ3) is 4.55. The number of hydrogen-bond donors (Lipinski definition) is 0. The molecule has 0 N–H and O–H groups in total. The lowest BCUT2D eigenvalue weighted by molar-refractivity contribution is 0.485. The normalized spacial score (nSPS) is 21.4. The molecule has 2 heterocycles. The van der Waals surface area contributed by atoms with Crippen LogP contribution in [0, 0.1) is 0 Å². The minimum absolute atomic E-state index is 0.239. The molecule has 4 aromatic rings. The molecule has 0 saturated carbocycles. The lowest BCUT2D eigenvalue weighted by Gasteiger charge is -2.29. The van der Waals surface area contributed by atoms with Gasteiger partial charge < -0.3 is 9.05 Å². The van der Waals surface area contributed by atoms with E-state index in [2.05, 4.69) is 6.58 Å². The van der Waals surface area contributed by atoms with Crippen LogP contribution in [0.3, 0.4) is 0 Å². The lowest BCUT2D eigenvalue weighted by Crippen LogP contribution is -2.18. The van der Waals surface area contributed by atoms with E-state index in [9.17, 15) is 9.13 Å². The van der Waals surface area contributed by atoms with Crippen molar-refractivity contribution in [3.05, 3.63) is 144 Å². The van der Waals surface area contributed by atoms with E-state index in [1.54, 1.807) is 6.08 Å². The smallest absolute Gasteiger partial charge is 0.282 e. The van der Waals surface area contributed by atoms with Gasteiger partial charge in [0.25, 0.3) is 14.7 Å². The van der Waals surface area contributed by atoms with Gasteiger partial charge in [-0.25, -0.2) is 0 Å². The molecule has 0 spiro atoms. The van der Waals surface area contributed by atoms with E-state index >= 15 is 0 Å². The molecule has 4 nitrogen and oxygen atoms in total. The lowest BCUT2D eigenvalue weighted by atomic mass is 10.0. The Morgan fingerprint density at radius 1 is 0.667 bits per heavy atom. The molecule has 6 rings (SSSR count). The Morgan fingerprint density at radius 2 is 1.18 bits per heavy atom. The predicted molar refractivity (Wildman–Crippen MR) is 160 cm³/mol. The summed E-state index contributed by atoms with van der Waals surface area (Å²) in [5, 5.41) is 1.41. The summed E-state index contributed by atoms with van der Waals surface area (Å²) < 4.78 is 40.9. The Kier molecular flexibility index (Phi) is 6.55. The first kappa shape index (κ1) is 25.4. The maximum atomic E-state index is 14.3. The second-order valence-electron chi connectivity index (χ2n) is 9.67. The second kappa shape index (κ2) is 10.0. The molecule has 39 heavy (non-hydrogen) atoms. The van der Waals surface area contributed by atoms with Gasteiger partial charge in [0.2, 0.25) is 0 Å². The van der Waals surface area contributed by atoms with Gasteiger partial charge in [0.15, 0.2) is 0 Å². The summed E-state index contributed by atoms with van der Waals surface area (Å²) in [7, 11) is -6.46. The fourth-order valence-corrected chi connectivity index (χ4v) is 10.1. The minimum Gasteiger partial charge on any atom is -0.439 e. The topological polar surface area (TPSA) is 52.6 Å². The van der Waals surface area contributed by atoms with E-state index < -0.39 is 14.7 Å². The zero-order chi connectivity index (χ0) is 27.0. The average molecular weight is 551 g/mol. The SMILES string of the molecule is C=CC1=C(/C=C\C)P(=O)(Cc2ccc(CP3(=O)Oc4ccccc4-c4ccccc43)cc2)Oc2ccccc21. The van der Waals surface area contributed by atoms with Gasteiger partial charge in [-0.1, -0.05) is 104 Å². The first-order valence-corrected chi connectivity index (χ1v) is 16.5. The van der Waals surface area contributed by atoms with Crippen molar-refractivity contribution in [2.75, 3.05) is 0 Å². The van der Waals surface area contributed by atoms with Crippen molar-refractivity contribution in [3.63, 3.8) is 0 Å². The Hall–Kier alpha value is -3.84. The van der Waals surface area contributed by atoms with Gasteiger partial charge >= 0.3 is 0 Å². The van der Waals surface area contributed by atoms with Crippen LogP contribution in [0.4, 0.5) is 0 Å². The van der Waals surface area contributed by atoms with Crippen molar-refractivity contribution in [1.29, 1.82) is 0 Å². The highest BCUT2D eigenvalue weighted by Gasteiger charge is 2.37. The third-order valence-electron chi connectivity index (χ3n) is 7.09. The van der Waals surface area contributed by atoms with Crippen molar-refractivity contribution in [2.24, 2.45) is 0 Å². The van der Waals surface area contributed by atoms with E-state index in [0.29, 0.717) is 16.8 Å². The van der Waals surface area contributed by atoms with Crippen LogP contribution in [-0.4, -0.2) is 0 Å².